The minimum atomic E-state index is 0.340. The average Bonchev–Trinajstić information content (AvgIpc) is 2.50. The maximum Gasteiger partial charge on any atom is 0.230 e. The Bertz CT molecular complexity index is 825. The molecule has 0 bridgehead atoms. The zero-order valence-electron chi connectivity index (χ0n) is 12.0. The van der Waals surface area contributed by atoms with Gasteiger partial charge in [0.25, 0.3) is 0 Å². The molecule has 0 amide bonds. The highest BCUT2D eigenvalue weighted by Gasteiger charge is 2.09. The molecular weight excluding hydrogens is 262 g/mol. The molecule has 0 spiro atoms. The van der Waals surface area contributed by atoms with E-state index in [4.69, 9.17) is 4.74 Å². The summed E-state index contributed by atoms with van der Waals surface area (Å²) in [6, 6.07) is 15.3. The molecule has 1 aromatic heterocycles. The van der Waals surface area contributed by atoms with Crippen LogP contribution in [-0.4, -0.2) is 11.3 Å². The maximum absolute atomic E-state index is 11.3. The van der Waals surface area contributed by atoms with Gasteiger partial charge in [0.2, 0.25) is 5.88 Å². The average molecular weight is 277 g/mol. The van der Waals surface area contributed by atoms with Crippen molar-refractivity contribution in [1.29, 1.82) is 0 Å². The van der Waals surface area contributed by atoms with E-state index in [1.54, 1.807) is 6.07 Å². The molecule has 2 aromatic carbocycles. The Kier molecular flexibility index (Phi) is 3.40. The Morgan fingerprint density at radius 1 is 1.00 bits per heavy atom. The number of para-hydroxylation sites is 1. The molecule has 3 aromatic rings. The highest BCUT2D eigenvalue weighted by Crippen LogP contribution is 2.27. The van der Waals surface area contributed by atoms with Crippen LogP contribution in [0.2, 0.25) is 0 Å². The van der Waals surface area contributed by atoms with E-state index in [0.717, 1.165) is 22.8 Å². The van der Waals surface area contributed by atoms with Crippen molar-refractivity contribution in [1.82, 2.24) is 4.98 Å². The van der Waals surface area contributed by atoms with Crippen molar-refractivity contribution in [2.24, 2.45) is 0 Å². The quantitative estimate of drug-likeness (QED) is 0.664. The van der Waals surface area contributed by atoms with Gasteiger partial charge in [-0.25, -0.2) is 4.98 Å². The summed E-state index contributed by atoms with van der Waals surface area (Å²) in [7, 11) is 0. The zero-order chi connectivity index (χ0) is 14.8. The zero-order valence-corrected chi connectivity index (χ0v) is 12.0. The van der Waals surface area contributed by atoms with E-state index in [0.29, 0.717) is 17.2 Å². The number of aryl methyl sites for hydroxylation is 2. The predicted molar refractivity (Wildman–Crippen MR) is 83.1 cm³/mol. The van der Waals surface area contributed by atoms with Crippen LogP contribution in [0.5, 0.6) is 11.6 Å². The second kappa shape index (κ2) is 5.37. The molecule has 1 heterocycles. The van der Waals surface area contributed by atoms with Crippen molar-refractivity contribution in [2.45, 2.75) is 13.8 Å². The van der Waals surface area contributed by atoms with Gasteiger partial charge in [0, 0.05) is 5.39 Å². The topological polar surface area (TPSA) is 39.2 Å². The Balaban J connectivity index is 2.06. The molecule has 3 heteroatoms. The standard InChI is InChI=1S/C18H15NO2/c1-12-7-8-16(9-13(12)2)21-18-15(11-20)10-14-5-3-4-6-17(14)19-18/h3-11H,1-2H3. The van der Waals surface area contributed by atoms with Gasteiger partial charge >= 0.3 is 0 Å². The second-order valence-corrected chi connectivity index (χ2v) is 5.04. The van der Waals surface area contributed by atoms with Crippen molar-refractivity contribution < 1.29 is 9.53 Å². The lowest BCUT2D eigenvalue weighted by Gasteiger charge is -2.10. The van der Waals surface area contributed by atoms with Crippen LogP contribution in [0.1, 0.15) is 21.5 Å². The lowest BCUT2D eigenvalue weighted by Crippen LogP contribution is -1.95. The number of carbonyl (C=O) groups excluding carboxylic acids is 1. The molecule has 0 fully saturated rings. The molecule has 3 rings (SSSR count). The minimum absolute atomic E-state index is 0.340. The van der Waals surface area contributed by atoms with Gasteiger partial charge < -0.3 is 4.74 Å². The predicted octanol–water partition coefficient (Wildman–Crippen LogP) is 4.46. The van der Waals surface area contributed by atoms with Gasteiger partial charge in [0.15, 0.2) is 6.29 Å². The first kappa shape index (κ1) is 13.3. The first-order valence-electron chi connectivity index (χ1n) is 6.77. The second-order valence-electron chi connectivity index (χ2n) is 5.04. The lowest BCUT2D eigenvalue weighted by molar-refractivity contribution is 0.112. The highest BCUT2D eigenvalue weighted by molar-refractivity contribution is 5.88. The fourth-order valence-electron chi connectivity index (χ4n) is 2.17. The number of pyridine rings is 1. The monoisotopic (exact) mass is 277 g/mol. The molecule has 3 nitrogen and oxygen atoms in total. The van der Waals surface area contributed by atoms with E-state index in [2.05, 4.69) is 4.98 Å². The molecule has 21 heavy (non-hydrogen) atoms. The Morgan fingerprint density at radius 3 is 2.57 bits per heavy atom. The molecule has 0 saturated carbocycles. The van der Waals surface area contributed by atoms with Crippen LogP contribution in [0.15, 0.2) is 48.5 Å². The van der Waals surface area contributed by atoms with Gasteiger partial charge in [-0.15, -0.1) is 0 Å². The SMILES string of the molecule is Cc1ccc(Oc2nc3ccccc3cc2C=O)cc1C. The highest BCUT2D eigenvalue weighted by atomic mass is 16.5. The molecule has 0 saturated heterocycles. The molecule has 0 radical (unpaired) electrons. The molecule has 0 N–H and O–H groups in total. The summed E-state index contributed by atoms with van der Waals surface area (Å²) in [4.78, 5) is 15.7. The van der Waals surface area contributed by atoms with E-state index in [1.807, 2.05) is 56.3 Å². The molecular formula is C18H15NO2. The van der Waals surface area contributed by atoms with E-state index >= 15 is 0 Å². The van der Waals surface area contributed by atoms with Crippen molar-refractivity contribution in [3.63, 3.8) is 0 Å². The largest absolute Gasteiger partial charge is 0.438 e. The van der Waals surface area contributed by atoms with Crippen LogP contribution in [0, 0.1) is 13.8 Å². The fraction of sp³-hybridized carbons (Fsp3) is 0.111. The Labute approximate surface area is 123 Å². The molecule has 0 aliphatic rings. The molecule has 0 unspecified atom stereocenters. The normalized spacial score (nSPS) is 10.6. The number of ether oxygens (including phenoxy) is 1. The van der Waals surface area contributed by atoms with Crippen molar-refractivity contribution >= 4 is 17.2 Å². The first-order valence-corrected chi connectivity index (χ1v) is 6.77. The fourth-order valence-corrected chi connectivity index (χ4v) is 2.17. The van der Waals surface area contributed by atoms with Crippen LogP contribution in [0.4, 0.5) is 0 Å². The van der Waals surface area contributed by atoms with E-state index in [1.165, 1.54) is 5.56 Å². The third-order valence-electron chi connectivity index (χ3n) is 3.54. The van der Waals surface area contributed by atoms with E-state index in [9.17, 15) is 4.79 Å². The van der Waals surface area contributed by atoms with Crippen LogP contribution >= 0.6 is 0 Å². The number of nitrogens with zero attached hydrogens (tertiary/aromatic N) is 1. The third-order valence-corrected chi connectivity index (χ3v) is 3.54. The molecule has 0 aliphatic heterocycles. The maximum atomic E-state index is 11.3. The summed E-state index contributed by atoms with van der Waals surface area (Å²) < 4.78 is 5.80. The summed E-state index contributed by atoms with van der Waals surface area (Å²) in [6.07, 6.45) is 0.774. The number of benzene rings is 2. The number of aldehydes is 1. The number of carbonyl (C=O) groups is 1. The summed E-state index contributed by atoms with van der Waals surface area (Å²) in [5.41, 5.74) is 3.60. The number of fused-ring (bicyclic) bond motifs is 1. The number of hydrogen-bond acceptors (Lipinski definition) is 3. The lowest BCUT2D eigenvalue weighted by atomic mass is 10.1. The summed E-state index contributed by atoms with van der Waals surface area (Å²) >= 11 is 0. The van der Waals surface area contributed by atoms with Gasteiger partial charge in [0.05, 0.1) is 11.1 Å². The van der Waals surface area contributed by atoms with E-state index in [-0.39, 0.29) is 0 Å². The smallest absolute Gasteiger partial charge is 0.230 e. The summed E-state index contributed by atoms with van der Waals surface area (Å²) in [5.74, 6) is 1.02. The van der Waals surface area contributed by atoms with Crippen LogP contribution in [0.25, 0.3) is 10.9 Å². The van der Waals surface area contributed by atoms with Gasteiger partial charge in [-0.1, -0.05) is 24.3 Å². The van der Waals surface area contributed by atoms with Crippen LogP contribution in [-0.2, 0) is 0 Å². The van der Waals surface area contributed by atoms with Crippen molar-refractivity contribution in [3.8, 4) is 11.6 Å². The number of rotatable bonds is 3. The van der Waals surface area contributed by atoms with Crippen molar-refractivity contribution in [2.75, 3.05) is 0 Å². The van der Waals surface area contributed by atoms with Crippen LogP contribution in [0.3, 0.4) is 0 Å². The third kappa shape index (κ3) is 2.63. The van der Waals surface area contributed by atoms with Gasteiger partial charge in [-0.3, -0.25) is 4.79 Å². The van der Waals surface area contributed by atoms with Gasteiger partial charge in [-0.2, -0.15) is 0 Å². The van der Waals surface area contributed by atoms with Crippen molar-refractivity contribution in [3.05, 3.63) is 65.2 Å². The van der Waals surface area contributed by atoms with Gasteiger partial charge in [-0.05, 0) is 49.2 Å². The minimum Gasteiger partial charge on any atom is -0.438 e. The number of aromatic nitrogens is 1. The van der Waals surface area contributed by atoms with Crippen LogP contribution < -0.4 is 4.74 Å². The Hall–Kier alpha value is -2.68. The molecule has 0 aliphatic carbocycles. The molecule has 104 valence electrons. The summed E-state index contributed by atoms with van der Waals surface area (Å²) in [6.45, 7) is 4.07. The summed E-state index contributed by atoms with van der Waals surface area (Å²) in [5, 5.41) is 0.923. The molecule has 0 atom stereocenters. The first-order chi connectivity index (χ1) is 10.2. The van der Waals surface area contributed by atoms with Gasteiger partial charge in [0.1, 0.15) is 5.75 Å². The Morgan fingerprint density at radius 2 is 1.81 bits per heavy atom. The van der Waals surface area contributed by atoms with E-state index < -0.39 is 0 Å². The number of hydrogen-bond donors (Lipinski definition) is 0.